The fraction of sp³-hybridized carbons (Fsp3) is 0.100. The van der Waals surface area contributed by atoms with Crippen molar-refractivity contribution in [3.8, 4) is 0 Å². The number of hydrogen-bond donors (Lipinski definition) is 0. The zero-order valence-corrected chi connectivity index (χ0v) is 8.69. The van der Waals surface area contributed by atoms with Crippen LogP contribution in [0.3, 0.4) is 0 Å². The third-order valence-electron chi connectivity index (χ3n) is 1.71. The Balaban J connectivity index is 3.06. The van der Waals surface area contributed by atoms with E-state index in [-0.39, 0.29) is 16.5 Å². The minimum atomic E-state index is -0.501. The average Bonchev–Trinajstić information content (AvgIpc) is 2.18. The van der Waals surface area contributed by atoms with Gasteiger partial charge < -0.3 is 0 Å². The molecule has 5 heteroatoms. The molecule has 0 spiro atoms. The molecule has 4 nitrogen and oxygen atoms in total. The van der Waals surface area contributed by atoms with Crippen molar-refractivity contribution in [2.45, 2.75) is 6.92 Å². The summed E-state index contributed by atoms with van der Waals surface area (Å²) in [7, 11) is 0. The number of rotatable bonds is 3. The van der Waals surface area contributed by atoms with Gasteiger partial charge in [-0.15, -0.1) is 0 Å². The van der Waals surface area contributed by atoms with Gasteiger partial charge in [0.25, 0.3) is 5.69 Å². The zero-order valence-electron chi connectivity index (χ0n) is 7.94. The molecule has 1 rings (SSSR count). The monoisotopic (exact) mass is 225 g/mol. The summed E-state index contributed by atoms with van der Waals surface area (Å²) in [6, 6.07) is 5.90. The molecular weight excluding hydrogens is 218 g/mol. The van der Waals surface area contributed by atoms with Crippen LogP contribution in [0.5, 0.6) is 0 Å². The molecule has 1 aromatic rings. The Hall–Kier alpha value is -1.68. The fourth-order valence-electron chi connectivity index (χ4n) is 0.976. The fourth-order valence-corrected chi connectivity index (χ4v) is 1.10. The minimum Gasteiger partial charge on any atom is -0.294 e. The van der Waals surface area contributed by atoms with E-state index in [2.05, 4.69) is 0 Å². The summed E-state index contributed by atoms with van der Waals surface area (Å²) in [5, 5.41) is 10.5. The van der Waals surface area contributed by atoms with Gasteiger partial charge in [-0.25, -0.2) is 0 Å². The van der Waals surface area contributed by atoms with E-state index in [9.17, 15) is 14.9 Å². The normalized spacial score (nSPS) is 11.2. The number of nitro benzene ring substituents is 1. The van der Waals surface area contributed by atoms with Gasteiger partial charge in [0, 0.05) is 19.1 Å². The molecule has 0 unspecified atom stereocenters. The molecule has 0 heterocycles. The predicted octanol–water partition coefficient (Wildman–Crippen LogP) is 2.76. The Labute approximate surface area is 91.3 Å². The molecule has 0 radical (unpaired) electrons. The molecule has 0 aliphatic rings. The molecule has 78 valence electrons. The van der Waals surface area contributed by atoms with Gasteiger partial charge in [-0.1, -0.05) is 23.7 Å². The van der Waals surface area contributed by atoms with Crippen molar-refractivity contribution >= 4 is 29.1 Å². The summed E-state index contributed by atoms with van der Waals surface area (Å²) < 4.78 is 0. The topological polar surface area (TPSA) is 60.2 Å². The van der Waals surface area contributed by atoms with E-state index in [1.807, 2.05) is 0 Å². The highest BCUT2D eigenvalue weighted by atomic mass is 35.5. The van der Waals surface area contributed by atoms with E-state index in [1.165, 1.54) is 31.2 Å². The number of halogens is 1. The van der Waals surface area contributed by atoms with Crippen molar-refractivity contribution in [3.05, 3.63) is 45.0 Å². The van der Waals surface area contributed by atoms with Gasteiger partial charge in [0.05, 0.1) is 9.96 Å². The van der Waals surface area contributed by atoms with Crippen molar-refractivity contribution in [3.63, 3.8) is 0 Å². The highest BCUT2D eigenvalue weighted by Gasteiger charge is 2.05. The van der Waals surface area contributed by atoms with Crippen molar-refractivity contribution < 1.29 is 9.72 Å². The molecule has 0 atom stereocenters. The number of ketones is 1. The van der Waals surface area contributed by atoms with Crippen molar-refractivity contribution in [2.24, 2.45) is 0 Å². The molecule has 0 bridgehead atoms. The lowest BCUT2D eigenvalue weighted by atomic mass is 10.2. The molecule has 0 fully saturated rings. The summed E-state index contributed by atoms with van der Waals surface area (Å²) in [6.07, 6.45) is 1.40. The minimum absolute atomic E-state index is 0.0308. The van der Waals surface area contributed by atoms with Crippen LogP contribution in [0.1, 0.15) is 12.5 Å². The molecule has 0 saturated heterocycles. The van der Waals surface area contributed by atoms with E-state index >= 15 is 0 Å². The summed E-state index contributed by atoms with van der Waals surface area (Å²) in [4.78, 5) is 20.8. The van der Waals surface area contributed by atoms with E-state index in [1.54, 1.807) is 6.07 Å². The van der Waals surface area contributed by atoms with Crippen molar-refractivity contribution in [1.82, 2.24) is 0 Å². The summed E-state index contributed by atoms with van der Waals surface area (Å²) in [5.41, 5.74) is 0.501. The van der Waals surface area contributed by atoms with Crippen LogP contribution in [-0.4, -0.2) is 10.7 Å². The maximum absolute atomic E-state index is 10.8. The number of nitrogens with zero attached hydrogens (tertiary/aromatic N) is 1. The van der Waals surface area contributed by atoms with E-state index in [4.69, 9.17) is 11.6 Å². The predicted molar refractivity (Wildman–Crippen MR) is 57.6 cm³/mol. The number of Topliss-reactive ketones (excluding diaryl/α,β-unsaturated/α-hetero) is 1. The van der Waals surface area contributed by atoms with Crippen LogP contribution < -0.4 is 0 Å². The lowest BCUT2D eigenvalue weighted by molar-refractivity contribution is -0.384. The summed E-state index contributed by atoms with van der Waals surface area (Å²) in [5.74, 6) is -0.275. The largest absolute Gasteiger partial charge is 0.294 e. The first-order valence-corrected chi connectivity index (χ1v) is 4.51. The maximum Gasteiger partial charge on any atom is 0.270 e. The molecular formula is C10H8ClNO3. The Morgan fingerprint density at radius 2 is 2.20 bits per heavy atom. The van der Waals surface area contributed by atoms with Crippen LogP contribution in [0.25, 0.3) is 6.08 Å². The summed E-state index contributed by atoms with van der Waals surface area (Å²) >= 11 is 5.62. The van der Waals surface area contributed by atoms with Gasteiger partial charge in [-0.3, -0.25) is 14.9 Å². The number of carbonyl (C=O) groups excluding carboxylic acids is 1. The standard InChI is InChI=1S/C10H8ClNO3/c1-7(13)10(11)6-8-3-2-4-9(5-8)12(14)15/h2-6H,1H3. The number of nitro groups is 1. The molecule has 0 amide bonds. The lowest BCUT2D eigenvalue weighted by Gasteiger charge is -1.95. The van der Waals surface area contributed by atoms with E-state index in [0.717, 1.165) is 0 Å². The highest BCUT2D eigenvalue weighted by Crippen LogP contribution is 2.17. The molecule has 0 saturated carbocycles. The molecule has 0 aliphatic carbocycles. The quantitative estimate of drug-likeness (QED) is 0.451. The first-order chi connectivity index (χ1) is 7.00. The van der Waals surface area contributed by atoms with E-state index in [0.29, 0.717) is 5.56 Å². The number of carbonyl (C=O) groups is 1. The third kappa shape index (κ3) is 3.18. The van der Waals surface area contributed by atoms with Crippen molar-refractivity contribution in [2.75, 3.05) is 0 Å². The Kier molecular flexibility index (Phi) is 3.57. The van der Waals surface area contributed by atoms with Gasteiger partial charge in [0.15, 0.2) is 5.78 Å². The number of allylic oxidation sites excluding steroid dienone is 1. The van der Waals surface area contributed by atoms with Gasteiger partial charge in [0.2, 0.25) is 0 Å². The summed E-state index contributed by atoms with van der Waals surface area (Å²) in [6.45, 7) is 1.33. The molecule has 1 aromatic carbocycles. The second-order valence-electron chi connectivity index (χ2n) is 2.90. The van der Waals surface area contributed by atoms with Crippen LogP contribution >= 0.6 is 11.6 Å². The van der Waals surface area contributed by atoms with Crippen molar-refractivity contribution in [1.29, 1.82) is 0 Å². The first-order valence-electron chi connectivity index (χ1n) is 4.13. The lowest BCUT2D eigenvalue weighted by Crippen LogP contribution is -1.90. The van der Waals surface area contributed by atoms with Crippen LogP contribution in [0.2, 0.25) is 0 Å². The molecule has 0 aliphatic heterocycles. The second-order valence-corrected chi connectivity index (χ2v) is 3.31. The van der Waals surface area contributed by atoms with E-state index < -0.39 is 4.92 Å². The Bertz CT molecular complexity index is 440. The first kappa shape index (κ1) is 11.4. The molecule has 15 heavy (non-hydrogen) atoms. The average molecular weight is 226 g/mol. The number of benzene rings is 1. The Morgan fingerprint density at radius 3 is 2.73 bits per heavy atom. The molecule has 0 aromatic heterocycles. The third-order valence-corrected chi connectivity index (χ3v) is 2.09. The van der Waals surface area contributed by atoms with Gasteiger partial charge in [-0.2, -0.15) is 0 Å². The smallest absolute Gasteiger partial charge is 0.270 e. The number of hydrogen-bond acceptors (Lipinski definition) is 3. The van der Waals surface area contributed by atoms with Crippen LogP contribution in [0.4, 0.5) is 5.69 Å². The Morgan fingerprint density at radius 1 is 1.53 bits per heavy atom. The van der Waals surface area contributed by atoms with Crippen LogP contribution in [0.15, 0.2) is 29.3 Å². The van der Waals surface area contributed by atoms with Crippen LogP contribution in [-0.2, 0) is 4.79 Å². The highest BCUT2D eigenvalue weighted by molar-refractivity contribution is 6.44. The second kappa shape index (κ2) is 4.70. The van der Waals surface area contributed by atoms with Gasteiger partial charge >= 0.3 is 0 Å². The maximum atomic E-state index is 10.8. The van der Waals surface area contributed by atoms with Gasteiger partial charge in [-0.05, 0) is 11.6 Å². The van der Waals surface area contributed by atoms with Gasteiger partial charge in [0.1, 0.15) is 0 Å². The molecule has 0 N–H and O–H groups in total. The zero-order chi connectivity index (χ0) is 11.4. The van der Waals surface area contributed by atoms with Crippen LogP contribution in [0, 0.1) is 10.1 Å². The SMILES string of the molecule is CC(=O)C(Cl)=Cc1cccc([N+](=O)[O-])c1. The number of non-ortho nitro benzene ring substituents is 1.